The highest BCUT2D eigenvalue weighted by atomic mass is 32.2. The van der Waals surface area contributed by atoms with E-state index in [1.54, 1.807) is 37.4 Å². The first-order valence-corrected chi connectivity index (χ1v) is 11.7. The predicted molar refractivity (Wildman–Crippen MR) is 129 cm³/mol. The number of aromatic nitrogens is 2. The lowest BCUT2D eigenvalue weighted by Gasteiger charge is -2.13. The standard InChI is InChI=1S/C25H22FN3O5S/c1-33-12-10-27-23(31)17-6-9-20-21(13-17)28-25(29(24(20)32)14-19-3-2-11-34-19)35-15-22(30)16-4-7-18(26)8-5-16/h2-9,11,13H,10,12,14-15H2,1H3,(H,27,31). The minimum atomic E-state index is -0.431. The second-order valence-corrected chi connectivity index (χ2v) is 8.51. The van der Waals surface area contributed by atoms with Crippen LogP contribution in [-0.4, -0.2) is 47.3 Å². The predicted octanol–water partition coefficient (Wildman–Crippen LogP) is 3.53. The van der Waals surface area contributed by atoms with Crippen LogP contribution in [0.5, 0.6) is 0 Å². The molecule has 0 aliphatic rings. The van der Waals surface area contributed by atoms with Gasteiger partial charge in [-0.3, -0.25) is 19.0 Å². The summed E-state index contributed by atoms with van der Waals surface area (Å²) in [6.45, 7) is 0.844. The second kappa shape index (κ2) is 11.1. The van der Waals surface area contributed by atoms with Crippen LogP contribution < -0.4 is 10.9 Å². The van der Waals surface area contributed by atoms with Crippen molar-refractivity contribution in [3.8, 4) is 0 Å². The smallest absolute Gasteiger partial charge is 0.262 e. The maximum Gasteiger partial charge on any atom is 0.262 e. The summed E-state index contributed by atoms with van der Waals surface area (Å²) in [5.41, 5.74) is 0.716. The van der Waals surface area contributed by atoms with Gasteiger partial charge in [-0.25, -0.2) is 9.37 Å². The molecule has 0 saturated carbocycles. The van der Waals surface area contributed by atoms with E-state index in [0.717, 1.165) is 11.8 Å². The van der Waals surface area contributed by atoms with E-state index in [9.17, 15) is 18.8 Å². The monoisotopic (exact) mass is 495 g/mol. The van der Waals surface area contributed by atoms with Gasteiger partial charge in [-0.1, -0.05) is 11.8 Å². The van der Waals surface area contributed by atoms with E-state index in [-0.39, 0.29) is 29.5 Å². The first-order chi connectivity index (χ1) is 17.0. The lowest BCUT2D eigenvalue weighted by atomic mass is 10.1. The average molecular weight is 496 g/mol. The molecular weight excluding hydrogens is 473 g/mol. The molecule has 0 saturated heterocycles. The van der Waals surface area contributed by atoms with Crippen molar-refractivity contribution in [1.82, 2.24) is 14.9 Å². The zero-order valence-corrected chi connectivity index (χ0v) is 19.6. The Morgan fingerprint density at radius 2 is 1.91 bits per heavy atom. The highest BCUT2D eigenvalue weighted by Crippen LogP contribution is 2.21. The lowest BCUT2D eigenvalue weighted by molar-refractivity contribution is 0.0936. The quantitative estimate of drug-likeness (QED) is 0.155. The Hall–Kier alpha value is -3.76. The molecule has 1 N–H and O–H groups in total. The number of Topliss-reactive ketones (excluding diaryl/α,β-unsaturated/α-hetero) is 1. The summed E-state index contributed by atoms with van der Waals surface area (Å²) in [5, 5.41) is 3.36. The second-order valence-electron chi connectivity index (χ2n) is 7.56. The number of amides is 1. The number of fused-ring (bicyclic) bond motifs is 1. The number of furan rings is 1. The molecule has 1 amide bonds. The number of benzene rings is 2. The Bertz CT molecular complexity index is 1400. The molecule has 0 aliphatic carbocycles. The number of methoxy groups -OCH3 is 1. The Balaban J connectivity index is 1.67. The van der Waals surface area contributed by atoms with Crippen LogP contribution in [0.25, 0.3) is 10.9 Å². The molecule has 0 unspecified atom stereocenters. The van der Waals surface area contributed by atoms with Gasteiger partial charge in [0.15, 0.2) is 10.9 Å². The summed E-state index contributed by atoms with van der Waals surface area (Å²) in [4.78, 5) is 43.0. The number of ketones is 1. The SMILES string of the molecule is COCCNC(=O)c1ccc2c(=O)n(Cc3ccco3)c(SCC(=O)c3ccc(F)cc3)nc2c1. The minimum Gasteiger partial charge on any atom is -0.467 e. The molecule has 8 nitrogen and oxygen atoms in total. The molecule has 0 radical (unpaired) electrons. The third-order valence-electron chi connectivity index (χ3n) is 5.17. The van der Waals surface area contributed by atoms with Gasteiger partial charge in [0.25, 0.3) is 11.5 Å². The van der Waals surface area contributed by atoms with Crippen LogP contribution in [0.3, 0.4) is 0 Å². The van der Waals surface area contributed by atoms with E-state index in [1.807, 2.05) is 0 Å². The van der Waals surface area contributed by atoms with Crippen LogP contribution in [0.2, 0.25) is 0 Å². The van der Waals surface area contributed by atoms with Crippen molar-refractivity contribution in [3.63, 3.8) is 0 Å². The molecule has 2 aromatic heterocycles. The van der Waals surface area contributed by atoms with Gasteiger partial charge in [0.05, 0.1) is 36.1 Å². The van der Waals surface area contributed by atoms with E-state index in [2.05, 4.69) is 10.3 Å². The number of thioether (sulfide) groups is 1. The number of nitrogens with one attached hydrogen (secondary N) is 1. The molecule has 0 spiro atoms. The average Bonchev–Trinajstić information content (AvgIpc) is 3.38. The molecule has 4 rings (SSSR count). The number of hydrogen-bond donors (Lipinski definition) is 1. The van der Waals surface area contributed by atoms with Gasteiger partial charge in [-0.05, 0) is 54.6 Å². The summed E-state index contributed by atoms with van der Waals surface area (Å²) >= 11 is 1.09. The summed E-state index contributed by atoms with van der Waals surface area (Å²) in [5.74, 6) is -0.445. The van der Waals surface area contributed by atoms with Crippen LogP contribution in [0.4, 0.5) is 4.39 Å². The fourth-order valence-electron chi connectivity index (χ4n) is 3.37. The van der Waals surface area contributed by atoms with Gasteiger partial charge < -0.3 is 14.5 Å². The van der Waals surface area contributed by atoms with Crippen molar-refractivity contribution < 1.29 is 23.1 Å². The topological polar surface area (TPSA) is 103 Å². The highest BCUT2D eigenvalue weighted by molar-refractivity contribution is 7.99. The molecule has 0 atom stereocenters. The molecular formula is C25H22FN3O5S. The Kier molecular flexibility index (Phi) is 7.74. The first kappa shape index (κ1) is 24.4. The third kappa shape index (κ3) is 5.84. The summed E-state index contributed by atoms with van der Waals surface area (Å²) < 4.78 is 25.0. The fourth-order valence-corrected chi connectivity index (χ4v) is 4.26. The van der Waals surface area contributed by atoms with Crippen molar-refractivity contribution in [2.45, 2.75) is 11.7 Å². The van der Waals surface area contributed by atoms with Crippen LogP contribution in [0, 0.1) is 5.82 Å². The van der Waals surface area contributed by atoms with Crippen molar-refractivity contribution in [2.24, 2.45) is 0 Å². The van der Waals surface area contributed by atoms with E-state index >= 15 is 0 Å². The highest BCUT2D eigenvalue weighted by Gasteiger charge is 2.17. The lowest BCUT2D eigenvalue weighted by Crippen LogP contribution is -2.27. The largest absolute Gasteiger partial charge is 0.467 e. The van der Waals surface area contributed by atoms with E-state index < -0.39 is 5.82 Å². The molecule has 0 aliphatic heterocycles. The van der Waals surface area contributed by atoms with Gasteiger partial charge in [0.2, 0.25) is 0 Å². The molecule has 2 aromatic carbocycles. The van der Waals surface area contributed by atoms with Gasteiger partial charge in [-0.15, -0.1) is 0 Å². The van der Waals surface area contributed by atoms with E-state index in [0.29, 0.717) is 46.1 Å². The Labute approximate surface area is 204 Å². The van der Waals surface area contributed by atoms with Crippen LogP contribution in [-0.2, 0) is 11.3 Å². The summed E-state index contributed by atoms with van der Waals surface area (Å²) in [6.07, 6.45) is 1.51. The zero-order valence-electron chi connectivity index (χ0n) is 18.8. The number of carbonyl (C=O) groups excluding carboxylic acids is 2. The van der Waals surface area contributed by atoms with Crippen LogP contribution >= 0.6 is 11.8 Å². The Morgan fingerprint density at radius 3 is 2.63 bits per heavy atom. The number of carbonyl (C=O) groups is 2. The molecule has 4 aromatic rings. The number of halogens is 1. The van der Waals surface area contributed by atoms with Crippen LogP contribution in [0.1, 0.15) is 26.5 Å². The maximum atomic E-state index is 13.3. The molecule has 0 bridgehead atoms. The Morgan fingerprint density at radius 1 is 1.14 bits per heavy atom. The van der Waals surface area contributed by atoms with Crippen molar-refractivity contribution in [3.05, 3.63) is 93.9 Å². The van der Waals surface area contributed by atoms with Crippen molar-refractivity contribution in [2.75, 3.05) is 26.0 Å². The summed E-state index contributed by atoms with van der Waals surface area (Å²) in [7, 11) is 1.54. The number of nitrogens with zero attached hydrogens (tertiary/aromatic N) is 2. The molecule has 10 heteroatoms. The van der Waals surface area contributed by atoms with Gasteiger partial charge in [0.1, 0.15) is 11.6 Å². The molecule has 35 heavy (non-hydrogen) atoms. The fraction of sp³-hybridized carbons (Fsp3) is 0.200. The van der Waals surface area contributed by atoms with E-state index in [4.69, 9.17) is 9.15 Å². The number of ether oxygens (including phenoxy) is 1. The molecule has 180 valence electrons. The molecule has 2 heterocycles. The normalized spacial score (nSPS) is 11.0. The van der Waals surface area contributed by atoms with Gasteiger partial charge in [0, 0.05) is 24.8 Å². The maximum absolute atomic E-state index is 13.3. The summed E-state index contributed by atoms with van der Waals surface area (Å²) in [6, 6.07) is 13.4. The first-order valence-electron chi connectivity index (χ1n) is 10.7. The minimum absolute atomic E-state index is 0.0150. The number of rotatable bonds is 10. The van der Waals surface area contributed by atoms with Crippen molar-refractivity contribution >= 4 is 34.4 Å². The van der Waals surface area contributed by atoms with Gasteiger partial charge >= 0.3 is 0 Å². The van der Waals surface area contributed by atoms with E-state index in [1.165, 1.54) is 35.1 Å². The van der Waals surface area contributed by atoms with Crippen LogP contribution in [0.15, 0.2) is 75.2 Å². The third-order valence-corrected chi connectivity index (χ3v) is 6.14. The van der Waals surface area contributed by atoms with Crippen molar-refractivity contribution in [1.29, 1.82) is 0 Å². The van der Waals surface area contributed by atoms with Gasteiger partial charge in [-0.2, -0.15) is 0 Å². The molecule has 0 fully saturated rings. The zero-order chi connectivity index (χ0) is 24.8. The number of hydrogen-bond acceptors (Lipinski definition) is 7.